The Balaban J connectivity index is 2.14. The molecule has 3 rings (SSSR count). The summed E-state index contributed by atoms with van der Waals surface area (Å²) in [6.45, 7) is 7.32. The Hall–Kier alpha value is -1.30. The van der Waals surface area contributed by atoms with E-state index >= 15 is 0 Å². The van der Waals surface area contributed by atoms with E-state index in [2.05, 4.69) is 10.1 Å². The molecule has 1 aromatic heterocycles. The third-order valence-electron chi connectivity index (χ3n) is 3.84. The number of aliphatic hydroxyl groups excluding tert-OH is 1. The molecule has 0 bridgehead atoms. The molecule has 0 spiro atoms. The standard InChI is InChI=1S/C15H19ClN2O3/c1-8-5-18(6-9(2)20-8)14-11(7-19)4-12-10(3)17-21-15(12)13(14)16/h4,8-9,19H,5-7H2,1-3H3. The van der Waals surface area contributed by atoms with Crippen molar-refractivity contribution in [3.8, 4) is 0 Å². The van der Waals surface area contributed by atoms with E-state index in [0.717, 1.165) is 35.4 Å². The van der Waals surface area contributed by atoms with Gasteiger partial charge in [-0.25, -0.2) is 0 Å². The molecule has 114 valence electrons. The van der Waals surface area contributed by atoms with Gasteiger partial charge >= 0.3 is 0 Å². The van der Waals surface area contributed by atoms with Gasteiger partial charge in [0.2, 0.25) is 0 Å². The molecule has 2 unspecified atom stereocenters. The summed E-state index contributed by atoms with van der Waals surface area (Å²) in [7, 11) is 0. The van der Waals surface area contributed by atoms with Gasteiger partial charge in [0, 0.05) is 24.0 Å². The summed E-state index contributed by atoms with van der Waals surface area (Å²) in [5, 5.41) is 15.1. The first kappa shape index (κ1) is 14.6. The zero-order valence-electron chi connectivity index (χ0n) is 12.4. The third-order valence-corrected chi connectivity index (χ3v) is 4.20. The van der Waals surface area contributed by atoms with Crippen LogP contribution < -0.4 is 4.90 Å². The smallest absolute Gasteiger partial charge is 0.187 e. The van der Waals surface area contributed by atoms with Gasteiger partial charge in [-0.2, -0.15) is 0 Å². The number of hydrogen-bond donors (Lipinski definition) is 1. The Labute approximate surface area is 128 Å². The highest BCUT2D eigenvalue weighted by Gasteiger charge is 2.27. The highest BCUT2D eigenvalue weighted by Crippen LogP contribution is 2.39. The van der Waals surface area contributed by atoms with Crippen LogP contribution in [-0.4, -0.2) is 35.6 Å². The molecule has 1 N–H and O–H groups in total. The molecule has 5 nitrogen and oxygen atoms in total. The van der Waals surface area contributed by atoms with Crippen LogP contribution in [0.1, 0.15) is 25.1 Å². The molecule has 2 atom stereocenters. The van der Waals surface area contributed by atoms with Crippen LogP contribution in [0, 0.1) is 6.92 Å². The maximum Gasteiger partial charge on any atom is 0.187 e. The van der Waals surface area contributed by atoms with E-state index in [1.165, 1.54) is 0 Å². The summed E-state index contributed by atoms with van der Waals surface area (Å²) in [5.74, 6) is 0. The number of fused-ring (bicyclic) bond motifs is 1. The summed E-state index contributed by atoms with van der Waals surface area (Å²) >= 11 is 6.54. The average Bonchev–Trinajstić information content (AvgIpc) is 2.79. The molecular weight excluding hydrogens is 292 g/mol. The first-order valence-corrected chi connectivity index (χ1v) is 7.47. The highest BCUT2D eigenvalue weighted by molar-refractivity contribution is 6.37. The van der Waals surface area contributed by atoms with Crippen molar-refractivity contribution in [1.29, 1.82) is 0 Å². The molecule has 21 heavy (non-hydrogen) atoms. The van der Waals surface area contributed by atoms with Crippen LogP contribution in [0.15, 0.2) is 10.6 Å². The van der Waals surface area contributed by atoms with Crippen molar-refractivity contribution in [2.24, 2.45) is 0 Å². The molecule has 0 aliphatic carbocycles. The van der Waals surface area contributed by atoms with Crippen molar-refractivity contribution in [2.75, 3.05) is 18.0 Å². The van der Waals surface area contributed by atoms with Crippen LogP contribution in [0.2, 0.25) is 5.02 Å². The van der Waals surface area contributed by atoms with Crippen LogP contribution in [0.3, 0.4) is 0 Å². The fourth-order valence-electron chi connectivity index (χ4n) is 3.02. The number of rotatable bonds is 2. The summed E-state index contributed by atoms with van der Waals surface area (Å²) in [6.07, 6.45) is 0.229. The minimum absolute atomic E-state index is 0.0737. The second-order valence-electron chi connectivity index (χ2n) is 5.66. The average molecular weight is 311 g/mol. The highest BCUT2D eigenvalue weighted by atomic mass is 35.5. The van der Waals surface area contributed by atoms with E-state index in [9.17, 15) is 5.11 Å². The van der Waals surface area contributed by atoms with Crippen LogP contribution >= 0.6 is 11.6 Å². The largest absolute Gasteiger partial charge is 0.392 e. The van der Waals surface area contributed by atoms with Gasteiger partial charge in [-0.1, -0.05) is 16.8 Å². The van der Waals surface area contributed by atoms with Gasteiger partial charge in [0.25, 0.3) is 0 Å². The summed E-state index contributed by atoms with van der Waals surface area (Å²) in [5.41, 5.74) is 2.97. The van der Waals surface area contributed by atoms with E-state index < -0.39 is 0 Å². The number of aromatic nitrogens is 1. The third kappa shape index (κ3) is 2.50. The Morgan fingerprint density at radius 2 is 2.05 bits per heavy atom. The van der Waals surface area contributed by atoms with Crippen LogP contribution in [0.25, 0.3) is 11.0 Å². The minimum Gasteiger partial charge on any atom is -0.392 e. The molecule has 1 aliphatic heterocycles. The van der Waals surface area contributed by atoms with Gasteiger partial charge in [-0.15, -0.1) is 0 Å². The predicted molar refractivity (Wildman–Crippen MR) is 81.9 cm³/mol. The van der Waals surface area contributed by atoms with Crippen molar-refractivity contribution in [3.63, 3.8) is 0 Å². The minimum atomic E-state index is -0.0737. The number of aryl methyl sites for hydroxylation is 1. The number of hydrogen-bond acceptors (Lipinski definition) is 5. The second-order valence-corrected chi connectivity index (χ2v) is 6.04. The first-order valence-electron chi connectivity index (χ1n) is 7.10. The quantitative estimate of drug-likeness (QED) is 0.924. The Morgan fingerprint density at radius 3 is 2.67 bits per heavy atom. The number of anilines is 1. The Kier molecular flexibility index (Phi) is 3.82. The first-order chi connectivity index (χ1) is 10.0. The lowest BCUT2D eigenvalue weighted by Crippen LogP contribution is -2.46. The number of ether oxygens (including phenoxy) is 1. The maximum atomic E-state index is 9.73. The maximum absolute atomic E-state index is 9.73. The topological polar surface area (TPSA) is 58.7 Å². The Bertz CT molecular complexity index is 660. The Morgan fingerprint density at radius 1 is 1.38 bits per heavy atom. The monoisotopic (exact) mass is 310 g/mol. The zero-order valence-corrected chi connectivity index (χ0v) is 13.1. The van der Waals surface area contributed by atoms with Gasteiger partial charge in [-0.05, 0) is 26.8 Å². The van der Waals surface area contributed by atoms with E-state index in [0.29, 0.717) is 10.6 Å². The summed E-state index contributed by atoms with van der Waals surface area (Å²) < 4.78 is 11.1. The number of halogens is 1. The molecule has 2 aromatic rings. The number of aliphatic hydroxyl groups is 1. The summed E-state index contributed by atoms with van der Waals surface area (Å²) in [6, 6.07) is 1.91. The lowest BCUT2D eigenvalue weighted by atomic mass is 10.1. The molecule has 1 saturated heterocycles. The van der Waals surface area contributed by atoms with Crippen molar-refractivity contribution in [3.05, 3.63) is 22.3 Å². The van der Waals surface area contributed by atoms with E-state index in [-0.39, 0.29) is 18.8 Å². The van der Waals surface area contributed by atoms with Gasteiger partial charge in [0.15, 0.2) is 5.58 Å². The number of nitrogens with zero attached hydrogens (tertiary/aromatic N) is 2. The van der Waals surface area contributed by atoms with Crippen LogP contribution in [0.5, 0.6) is 0 Å². The molecule has 2 heterocycles. The van der Waals surface area contributed by atoms with E-state index in [4.69, 9.17) is 20.9 Å². The molecule has 0 amide bonds. The summed E-state index contributed by atoms with van der Waals surface area (Å²) in [4.78, 5) is 2.16. The number of morpholine rings is 1. The fraction of sp³-hybridized carbons (Fsp3) is 0.533. The molecule has 1 fully saturated rings. The molecule has 1 aromatic carbocycles. The van der Waals surface area contributed by atoms with Gasteiger partial charge < -0.3 is 19.3 Å². The molecular formula is C15H19ClN2O3. The number of benzene rings is 1. The SMILES string of the molecule is Cc1noc2c(Cl)c(N3CC(C)OC(C)C3)c(CO)cc12. The van der Waals surface area contributed by atoms with Crippen LogP contribution in [-0.2, 0) is 11.3 Å². The lowest BCUT2D eigenvalue weighted by molar-refractivity contribution is -0.00530. The molecule has 0 saturated carbocycles. The van der Waals surface area contributed by atoms with E-state index in [1.807, 2.05) is 26.8 Å². The van der Waals surface area contributed by atoms with Crippen molar-refractivity contribution in [2.45, 2.75) is 39.6 Å². The van der Waals surface area contributed by atoms with Gasteiger partial charge in [0.05, 0.1) is 30.2 Å². The molecule has 0 radical (unpaired) electrons. The second kappa shape index (κ2) is 5.48. The van der Waals surface area contributed by atoms with Crippen molar-refractivity contribution in [1.82, 2.24) is 5.16 Å². The molecule has 1 aliphatic rings. The molecule has 6 heteroatoms. The normalized spacial score (nSPS) is 23.0. The van der Waals surface area contributed by atoms with E-state index in [1.54, 1.807) is 0 Å². The van der Waals surface area contributed by atoms with Crippen molar-refractivity contribution >= 4 is 28.3 Å². The van der Waals surface area contributed by atoms with Crippen LogP contribution in [0.4, 0.5) is 5.69 Å². The fourth-order valence-corrected chi connectivity index (χ4v) is 3.40. The van der Waals surface area contributed by atoms with Gasteiger partial charge in [-0.3, -0.25) is 0 Å². The zero-order chi connectivity index (χ0) is 15.1. The van der Waals surface area contributed by atoms with Gasteiger partial charge in [0.1, 0.15) is 5.02 Å². The predicted octanol–water partition coefficient (Wildman–Crippen LogP) is 2.90. The van der Waals surface area contributed by atoms with Crippen molar-refractivity contribution < 1.29 is 14.4 Å². The lowest BCUT2D eigenvalue weighted by Gasteiger charge is -2.38.